The summed E-state index contributed by atoms with van der Waals surface area (Å²) < 4.78 is 0.605. The molecule has 0 heterocycles. The maximum Gasteiger partial charge on any atom is 0.303 e. The number of hydrogen-bond donors (Lipinski definition) is 2. The van der Waals surface area contributed by atoms with Crippen molar-refractivity contribution in [1.29, 1.82) is 0 Å². The van der Waals surface area contributed by atoms with E-state index < -0.39 is 17.9 Å². The van der Waals surface area contributed by atoms with E-state index in [-0.39, 0.29) is 19.3 Å². The lowest BCUT2D eigenvalue weighted by Crippen LogP contribution is -2.51. The van der Waals surface area contributed by atoms with Crippen molar-refractivity contribution in [3.8, 4) is 0 Å². The average Bonchev–Trinajstić information content (AvgIpc) is 2.71. The molecule has 0 amide bonds. The Hall–Kier alpha value is -1.89. The predicted octanol–water partition coefficient (Wildman–Crippen LogP) is 4.15. The third-order valence-electron chi connectivity index (χ3n) is 5.95. The molecule has 0 unspecified atom stereocenters. The molecule has 7 nitrogen and oxygen atoms in total. The van der Waals surface area contributed by atoms with Crippen molar-refractivity contribution in [3.63, 3.8) is 0 Å². The first-order valence-corrected chi connectivity index (χ1v) is 12.4. The van der Waals surface area contributed by atoms with Gasteiger partial charge in [-0.1, -0.05) is 44.8 Å². The molecular weight excluding hydrogens is 410 g/mol. The van der Waals surface area contributed by atoms with Gasteiger partial charge in [-0.3, -0.25) is 9.59 Å². The minimum Gasteiger partial charge on any atom is -0.550 e. The topological polar surface area (TPSA) is 115 Å². The molecule has 0 rings (SSSR count). The highest BCUT2D eigenvalue weighted by Crippen LogP contribution is 2.18. The lowest BCUT2D eigenvalue weighted by Gasteiger charge is -2.39. The molecular formula is C25H45NO6. The third-order valence-corrected chi connectivity index (χ3v) is 5.95. The Morgan fingerprint density at radius 2 is 1.09 bits per heavy atom. The minimum atomic E-state index is -1.08. The monoisotopic (exact) mass is 455 g/mol. The SMILES string of the molecule is CCCC/C=C/CCCCCCC[N+](CCCC(=O)[O-])(CCCC(=O)O)CCCC(=O)O. The number of quaternary nitrogens is 1. The van der Waals surface area contributed by atoms with Crippen LogP contribution in [0, 0.1) is 0 Å². The molecule has 32 heavy (non-hydrogen) atoms. The highest BCUT2D eigenvalue weighted by atomic mass is 16.4. The second-order valence-electron chi connectivity index (χ2n) is 8.88. The number of rotatable bonds is 23. The van der Waals surface area contributed by atoms with Crippen LogP contribution in [0.15, 0.2) is 12.2 Å². The molecule has 0 aliphatic heterocycles. The van der Waals surface area contributed by atoms with E-state index in [0.29, 0.717) is 43.4 Å². The Kier molecular flexibility index (Phi) is 18.6. The molecule has 0 fully saturated rings. The van der Waals surface area contributed by atoms with E-state index in [4.69, 9.17) is 10.2 Å². The lowest BCUT2D eigenvalue weighted by atomic mass is 10.1. The van der Waals surface area contributed by atoms with E-state index in [2.05, 4.69) is 19.1 Å². The number of hydrogen-bond acceptors (Lipinski definition) is 4. The molecule has 2 N–H and O–H groups in total. The number of carbonyl (C=O) groups is 3. The van der Waals surface area contributed by atoms with Crippen LogP contribution in [0.4, 0.5) is 0 Å². The summed E-state index contributed by atoms with van der Waals surface area (Å²) in [6.07, 6.45) is 16.5. The van der Waals surface area contributed by atoms with Crippen LogP contribution in [-0.2, 0) is 14.4 Å². The van der Waals surface area contributed by atoms with Crippen LogP contribution < -0.4 is 5.11 Å². The van der Waals surface area contributed by atoms with Gasteiger partial charge in [0.25, 0.3) is 0 Å². The summed E-state index contributed by atoms with van der Waals surface area (Å²) >= 11 is 0. The molecule has 0 aromatic carbocycles. The smallest absolute Gasteiger partial charge is 0.303 e. The maximum absolute atomic E-state index is 11.0. The first-order valence-electron chi connectivity index (χ1n) is 12.4. The second-order valence-corrected chi connectivity index (χ2v) is 8.88. The van der Waals surface area contributed by atoms with Crippen molar-refractivity contribution < 1.29 is 34.2 Å². The van der Waals surface area contributed by atoms with Gasteiger partial charge in [-0.05, 0) is 38.5 Å². The van der Waals surface area contributed by atoms with Gasteiger partial charge < -0.3 is 24.6 Å². The summed E-state index contributed by atoms with van der Waals surface area (Å²) in [5.41, 5.74) is 0. The molecule has 0 aliphatic rings. The molecule has 0 aliphatic carbocycles. The second kappa shape index (κ2) is 19.8. The number of carboxylic acid groups (broad SMARTS) is 3. The van der Waals surface area contributed by atoms with Crippen molar-refractivity contribution in [2.45, 2.75) is 103 Å². The van der Waals surface area contributed by atoms with Crippen molar-refractivity contribution in [2.75, 3.05) is 26.2 Å². The van der Waals surface area contributed by atoms with Crippen LogP contribution in [0.25, 0.3) is 0 Å². The van der Waals surface area contributed by atoms with Gasteiger partial charge in [-0.2, -0.15) is 0 Å². The Bertz CT molecular complexity index is 496. The van der Waals surface area contributed by atoms with E-state index in [0.717, 1.165) is 38.6 Å². The number of aliphatic carboxylic acids is 3. The molecule has 0 aromatic heterocycles. The number of unbranched alkanes of at least 4 members (excludes halogenated alkanes) is 7. The third kappa shape index (κ3) is 18.8. The van der Waals surface area contributed by atoms with E-state index in [1.54, 1.807) is 0 Å². The van der Waals surface area contributed by atoms with Gasteiger partial charge in [0.2, 0.25) is 0 Å². The Morgan fingerprint density at radius 1 is 0.656 bits per heavy atom. The van der Waals surface area contributed by atoms with Crippen molar-refractivity contribution in [1.82, 2.24) is 0 Å². The zero-order chi connectivity index (χ0) is 24.1. The minimum absolute atomic E-state index is 0.0242. The highest BCUT2D eigenvalue weighted by molar-refractivity contribution is 5.66. The largest absolute Gasteiger partial charge is 0.550 e. The molecule has 7 heteroatoms. The van der Waals surface area contributed by atoms with Crippen LogP contribution >= 0.6 is 0 Å². The van der Waals surface area contributed by atoms with E-state index in [1.165, 1.54) is 25.7 Å². The number of carboxylic acids is 3. The fourth-order valence-electron chi connectivity index (χ4n) is 4.16. The van der Waals surface area contributed by atoms with Crippen molar-refractivity contribution in [3.05, 3.63) is 12.2 Å². The summed E-state index contributed by atoms with van der Waals surface area (Å²) in [6.45, 7) is 4.94. The first kappa shape index (κ1) is 30.1. The van der Waals surface area contributed by atoms with E-state index in [9.17, 15) is 19.5 Å². The normalized spacial score (nSPS) is 11.8. The molecule has 186 valence electrons. The van der Waals surface area contributed by atoms with Crippen molar-refractivity contribution in [2.24, 2.45) is 0 Å². The zero-order valence-corrected chi connectivity index (χ0v) is 20.1. The summed E-state index contributed by atoms with van der Waals surface area (Å²) in [7, 11) is 0. The van der Waals surface area contributed by atoms with Crippen LogP contribution in [0.5, 0.6) is 0 Å². The summed E-state index contributed by atoms with van der Waals surface area (Å²) in [5.74, 6) is -2.76. The fourth-order valence-corrected chi connectivity index (χ4v) is 4.16. The van der Waals surface area contributed by atoms with E-state index >= 15 is 0 Å². The van der Waals surface area contributed by atoms with Gasteiger partial charge in [-0.15, -0.1) is 0 Å². The lowest BCUT2D eigenvalue weighted by molar-refractivity contribution is -0.929. The van der Waals surface area contributed by atoms with Gasteiger partial charge in [0.1, 0.15) is 0 Å². The van der Waals surface area contributed by atoms with Crippen LogP contribution in [0.3, 0.4) is 0 Å². The molecule has 0 atom stereocenters. The fraction of sp³-hybridized carbons (Fsp3) is 0.800. The van der Waals surface area contributed by atoms with Gasteiger partial charge in [0.05, 0.1) is 39.0 Å². The molecule has 0 saturated carbocycles. The maximum atomic E-state index is 11.0. The highest BCUT2D eigenvalue weighted by Gasteiger charge is 2.26. The van der Waals surface area contributed by atoms with E-state index in [1.807, 2.05) is 0 Å². The van der Waals surface area contributed by atoms with Crippen LogP contribution in [-0.4, -0.2) is 58.8 Å². The Labute approximate surface area is 194 Å². The molecule has 0 aromatic rings. The van der Waals surface area contributed by atoms with Gasteiger partial charge in [0, 0.05) is 25.2 Å². The summed E-state index contributed by atoms with van der Waals surface area (Å²) in [4.78, 5) is 32.8. The zero-order valence-electron chi connectivity index (χ0n) is 20.1. The standard InChI is InChI=1S/C25H45NO6/c1-2-3-4-5-6-7-8-9-10-11-12-19-26(20-13-16-23(27)28,21-14-17-24(29)30)22-15-18-25(31)32/h5-6H,2-4,7-22H2,1H3,(H2-,27,28,29,30,31,32)/b6-5+. The van der Waals surface area contributed by atoms with Crippen LogP contribution in [0.1, 0.15) is 103 Å². The molecule has 0 spiro atoms. The first-order chi connectivity index (χ1) is 15.3. The van der Waals surface area contributed by atoms with Gasteiger partial charge in [-0.25, -0.2) is 0 Å². The predicted molar refractivity (Wildman–Crippen MR) is 124 cm³/mol. The summed E-state index contributed by atoms with van der Waals surface area (Å²) in [5, 5.41) is 28.9. The van der Waals surface area contributed by atoms with Crippen molar-refractivity contribution >= 4 is 17.9 Å². The average molecular weight is 456 g/mol. The summed E-state index contributed by atoms with van der Waals surface area (Å²) in [6, 6.07) is 0. The van der Waals surface area contributed by atoms with Crippen LogP contribution in [0.2, 0.25) is 0 Å². The van der Waals surface area contributed by atoms with Gasteiger partial charge >= 0.3 is 11.9 Å². The van der Waals surface area contributed by atoms with Gasteiger partial charge in [0.15, 0.2) is 0 Å². The Balaban J connectivity index is 4.61. The quantitative estimate of drug-likeness (QED) is 0.136. The number of nitrogens with zero attached hydrogens (tertiary/aromatic N) is 1. The Morgan fingerprint density at radius 3 is 1.59 bits per heavy atom. The molecule has 0 saturated heterocycles. The molecule has 0 radical (unpaired) electrons. The number of carbonyl (C=O) groups excluding carboxylic acids is 1. The number of allylic oxidation sites excluding steroid dienone is 2. The molecule has 0 bridgehead atoms.